The second-order valence-corrected chi connectivity index (χ2v) is 13.1. The first-order chi connectivity index (χ1) is 18.0. The van der Waals surface area contributed by atoms with Crippen LogP contribution in [0.5, 0.6) is 5.75 Å². The van der Waals surface area contributed by atoms with Crippen LogP contribution >= 0.6 is 0 Å². The lowest BCUT2D eigenvalue weighted by Gasteiger charge is -2.50. The lowest BCUT2D eigenvalue weighted by atomic mass is 9.89. The Labute approximate surface area is 227 Å². The second kappa shape index (κ2) is 11.7. The van der Waals surface area contributed by atoms with Crippen molar-refractivity contribution in [3.8, 4) is 5.75 Å². The largest absolute Gasteiger partial charge is 0.495 e. The number of carbonyl (C=O) groups excluding carboxylic acids is 1. The molecule has 1 spiro atoms. The summed E-state index contributed by atoms with van der Waals surface area (Å²) in [5.74, 6) is 0.810. The highest BCUT2D eigenvalue weighted by Gasteiger charge is 2.47. The summed E-state index contributed by atoms with van der Waals surface area (Å²) in [7, 11) is -2.12. The smallest absolute Gasteiger partial charge is 0.243 e. The van der Waals surface area contributed by atoms with E-state index in [0.29, 0.717) is 35.4 Å². The van der Waals surface area contributed by atoms with Crippen molar-refractivity contribution in [3.63, 3.8) is 0 Å². The fourth-order valence-electron chi connectivity index (χ4n) is 5.56. The normalized spacial score (nSPS) is 23.1. The van der Waals surface area contributed by atoms with Crippen LogP contribution in [0.3, 0.4) is 0 Å². The van der Waals surface area contributed by atoms with Crippen molar-refractivity contribution in [1.29, 1.82) is 0 Å². The highest BCUT2D eigenvalue weighted by molar-refractivity contribution is 7.89. The van der Waals surface area contributed by atoms with Gasteiger partial charge in [0.2, 0.25) is 15.9 Å². The van der Waals surface area contributed by atoms with Gasteiger partial charge in [0.15, 0.2) is 0 Å². The molecule has 0 aliphatic carbocycles. The van der Waals surface area contributed by atoms with Crippen molar-refractivity contribution in [1.82, 2.24) is 9.21 Å². The summed E-state index contributed by atoms with van der Waals surface area (Å²) in [6.45, 7) is 10.2. The summed E-state index contributed by atoms with van der Waals surface area (Å²) < 4.78 is 41.2. The zero-order valence-electron chi connectivity index (χ0n) is 23.2. The highest BCUT2D eigenvalue weighted by Crippen LogP contribution is 2.35. The van der Waals surface area contributed by atoms with Crippen molar-refractivity contribution in [2.45, 2.75) is 63.5 Å². The molecule has 1 N–H and O–H groups in total. The number of aryl methyl sites for hydroxylation is 2. The van der Waals surface area contributed by atoms with Gasteiger partial charge in [0.25, 0.3) is 0 Å². The molecule has 2 aliphatic heterocycles. The molecule has 2 aliphatic rings. The van der Waals surface area contributed by atoms with Gasteiger partial charge in [0, 0.05) is 19.1 Å². The molecule has 2 fully saturated rings. The van der Waals surface area contributed by atoms with Gasteiger partial charge in [0.1, 0.15) is 5.75 Å². The van der Waals surface area contributed by atoms with Crippen LogP contribution in [0.25, 0.3) is 0 Å². The molecule has 2 heterocycles. The van der Waals surface area contributed by atoms with E-state index in [1.807, 2.05) is 44.2 Å². The van der Waals surface area contributed by atoms with E-state index < -0.39 is 15.6 Å². The van der Waals surface area contributed by atoms with E-state index in [1.165, 1.54) is 0 Å². The van der Waals surface area contributed by atoms with Gasteiger partial charge in [-0.3, -0.25) is 9.69 Å². The van der Waals surface area contributed by atoms with Crippen LogP contribution in [-0.2, 0) is 19.6 Å². The van der Waals surface area contributed by atoms with E-state index in [1.54, 1.807) is 23.5 Å². The first-order valence-corrected chi connectivity index (χ1v) is 14.8. The Morgan fingerprint density at radius 2 is 1.84 bits per heavy atom. The Bertz CT molecular complexity index is 1230. The van der Waals surface area contributed by atoms with Crippen molar-refractivity contribution >= 4 is 21.6 Å². The Kier molecular flexibility index (Phi) is 8.82. The number of amides is 1. The third-order valence-electron chi connectivity index (χ3n) is 7.42. The minimum absolute atomic E-state index is 0.136. The number of carbonyl (C=O) groups is 1. The summed E-state index contributed by atoms with van der Waals surface area (Å²) in [5, 5.41) is 2.98. The molecule has 2 aromatic carbocycles. The maximum Gasteiger partial charge on any atom is 0.243 e. The fourth-order valence-corrected chi connectivity index (χ4v) is 7.25. The first-order valence-electron chi connectivity index (χ1n) is 13.4. The molecule has 8 nitrogen and oxygen atoms in total. The maximum absolute atomic E-state index is 13.8. The van der Waals surface area contributed by atoms with Crippen LogP contribution in [0.4, 0.5) is 5.69 Å². The Morgan fingerprint density at radius 3 is 2.53 bits per heavy atom. The van der Waals surface area contributed by atoms with Crippen LogP contribution in [0, 0.1) is 19.8 Å². The topological polar surface area (TPSA) is 88.2 Å². The van der Waals surface area contributed by atoms with E-state index in [9.17, 15) is 13.2 Å². The quantitative estimate of drug-likeness (QED) is 0.536. The lowest BCUT2D eigenvalue weighted by Crippen LogP contribution is -2.64. The van der Waals surface area contributed by atoms with E-state index >= 15 is 0 Å². The van der Waals surface area contributed by atoms with E-state index in [4.69, 9.17) is 9.47 Å². The molecular weight excluding hydrogens is 502 g/mol. The summed E-state index contributed by atoms with van der Waals surface area (Å²) in [6.07, 6.45) is 2.31. The number of hydrogen-bond donors (Lipinski definition) is 1. The summed E-state index contributed by atoms with van der Waals surface area (Å²) in [4.78, 5) is 15.4. The maximum atomic E-state index is 13.8. The van der Waals surface area contributed by atoms with Gasteiger partial charge in [-0.2, -0.15) is 4.31 Å². The van der Waals surface area contributed by atoms with Gasteiger partial charge in [-0.1, -0.05) is 37.6 Å². The van der Waals surface area contributed by atoms with E-state index in [2.05, 4.69) is 24.1 Å². The van der Waals surface area contributed by atoms with Crippen LogP contribution in [0.15, 0.2) is 47.4 Å². The monoisotopic (exact) mass is 543 g/mol. The number of sulfonamides is 1. The molecule has 1 amide bonds. The van der Waals surface area contributed by atoms with Crippen LogP contribution in [0.2, 0.25) is 0 Å². The number of rotatable bonds is 8. The average molecular weight is 544 g/mol. The Hall–Kier alpha value is -2.46. The fraction of sp³-hybridized carbons (Fsp3) is 0.552. The number of benzene rings is 2. The predicted molar refractivity (Wildman–Crippen MR) is 149 cm³/mol. The van der Waals surface area contributed by atoms with Crippen molar-refractivity contribution in [2.75, 3.05) is 45.2 Å². The summed E-state index contributed by atoms with van der Waals surface area (Å²) in [6, 6.07) is 12.5. The van der Waals surface area contributed by atoms with Gasteiger partial charge in [-0.25, -0.2) is 8.42 Å². The number of anilines is 1. The molecule has 2 aromatic rings. The number of ether oxygens (including phenoxy) is 2. The van der Waals surface area contributed by atoms with E-state index in [0.717, 1.165) is 36.9 Å². The summed E-state index contributed by atoms with van der Waals surface area (Å²) >= 11 is 0. The van der Waals surface area contributed by atoms with Crippen molar-refractivity contribution in [2.24, 2.45) is 5.92 Å². The number of morpholine rings is 1. The number of nitrogens with one attached hydrogen (secondary N) is 1. The lowest BCUT2D eigenvalue weighted by molar-refractivity contribution is -0.146. The zero-order valence-corrected chi connectivity index (χ0v) is 24.0. The molecule has 2 saturated heterocycles. The standard InChI is InChI=1S/C29H41N3O5S/c1-21(2)15-24-18-37-29(20-32(24)38(34,35)25-10-7-22(3)8-11-25)13-6-14-31(19-29)17-28(33)30-26-16-23(4)9-12-27(26)36-5/h7-12,16,21,24H,6,13-15,17-20H2,1-5H3,(H,30,33)/t24-,29-/m0/s1. The molecule has 38 heavy (non-hydrogen) atoms. The highest BCUT2D eigenvalue weighted by atomic mass is 32.2. The third kappa shape index (κ3) is 6.57. The number of piperidine rings is 1. The SMILES string of the molecule is COc1ccc(C)cc1NC(=O)CN1CCC[C@]2(C1)CN(S(=O)(=O)c1ccc(C)cc1)[C@@H](CC(C)C)CO2. The minimum Gasteiger partial charge on any atom is -0.495 e. The Morgan fingerprint density at radius 1 is 1.13 bits per heavy atom. The number of methoxy groups -OCH3 is 1. The van der Waals surface area contributed by atoms with Crippen LogP contribution < -0.4 is 10.1 Å². The average Bonchev–Trinajstić information content (AvgIpc) is 2.85. The predicted octanol–water partition coefficient (Wildman–Crippen LogP) is 4.22. The van der Waals surface area contributed by atoms with E-state index in [-0.39, 0.29) is 25.0 Å². The van der Waals surface area contributed by atoms with Gasteiger partial charge < -0.3 is 14.8 Å². The second-order valence-electron chi connectivity index (χ2n) is 11.2. The Balaban J connectivity index is 1.50. The van der Waals surface area contributed by atoms with Gasteiger partial charge in [-0.15, -0.1) is 0 Å². The van der Waals surface area contributed by atoms with Gasteiger partial charge in [0.05, 0.1) is 36.4 Å². The molecule has 0 radical (unpaired) electrons. The third-order valence-corrected chi connectivity index (χ3v) is 9.33. The van der Waals surface area contributed by atoms with Gasteiger partial charge in [-0.05, 0) is 75.4 Å². The molecule has 9 heteroatoms. The molecule has 2 atom stereocenters. The molecule has 0 aromatic heterocycles. The molecule has 0 saturated carbocycles. The molecule has 208 valence electrons. The molecule has 0 unspecified atom stereocenters. The summed E-state index contributed by atoms with van der Waals surface area (Å²) in [5.41, 5.74) is 2.04. The zero-order chi connectivity index (χ0) is 27.5. The number of likely N-dealkylation sites (tertiary alicyclic amines) is 1. The first kappa shape index (κ1) is 28.5. The number of nitrogens with zero attached hydrogens (tertiary/aromatic N) is 2. The number of hydrogen-bond acceptors (Lipinski definition) is 6. The van der Waals surface area contributed by atoms with Gasteiger partial charge >= 0.3 is 0 Å². The van der Waals surface area contributed by atoms with Crippen molar-refractivity contribution < 1.29 is 22.7 Å². The molecule has 4 rings (SSSR count). The molecular formula is C29H41N3O5S. The molecule has 0 bridgehead atoms. The van der Waals surface area contributed by atoms with Crippen LogP contribution in [0.1, 0.15) is 44.2 Å². The van der Waals surface area contributed by atoms with Crippen LogP contribution in [-0.4, -0.2) is 75.1 Å². The van der Waals surface area contributed by atoms with Crippen molar-refractivity contribution in [3.05, 3.63) is 53.6 Å². The minimum atomic E-state index is -3.70.